The average molecular weight is 284 g/mol. The number of carboxylic acid groups (broad SMARTS) is 1. The second kappa shape index (κ2) is 4.64. The summed E-state index contributed by atoms with van der Waals surface area (Å²) in [5.41, 5.74) is 0.851. The van der Waals surface area contributed by atoms with Crippen molar-refractivity contribution >= 4 is 11.9 Å². The van der Waals surface area contributed by atoms with Crippen LogP contribution in [0, 0.1) is 5.41 Å². The van der Waals surface area contributed by atoms with Gasteiger partial charge in [-0.3, -0.25) is 4.79 Å². The Balaban J connectivity index is 2.99. The molecule has 1 fully saturated rings. The number of nitrogens with one attached hydrogen (secondary N) is 1. The fraction of sp³-hybridized carbons (Fsp3) is 0.800. The van der Waals surface area contributed by atoms with Gasteiger partial charge in [-0.05, 0) is 13.8 Å². The second-order valence-corrected chi connectivity index (χ2v) is 4.92. The predicted octanol–water partition coefficient (Wildman–Crippen LogP) is -0.128. The molecule has 19 heavy (non-hydrogen) atoms. The van der Waals surface area contributed by atoms with E-state index in [9.17, 15) is 22.8 Å². The van der Waals surface area contributed by atoms with Gasteiger partial charge >= 0.3 is 12.1 Å². The number of carboxylic acids is 1. The lowest BCUT2D eigenvalue weighted by molar-refractivity contribution is -0.208. The van der Waals surface area contributed by atoms with Gasteiger partial charge in [-0.25, -0.2) is 4.79 Å². The molecule has 3 atom stereocenters. The molecule has 0 bridgehead atoms. The maximum Gasteiger partial charge on any atom is 0.422 e. The molecule has 3 unspecified atom stereocenters. The van der Waals surface area contributed by atoms with E-state index in [-0.39, 0.29) is 13.2 Å². The summed E-state index contributed by atoms with van der Waals surface area (Å²) < 4.78 is 43.2. The van der Waals surface area contributed by atoms with E-state index in [4.69, 9.17) is 15.6 Å². The van der Waals surface area contributed by atoms with Crippen LogP contribution in [0.15, 0.2) is 0 Å². The van der Waals surface area contributed by atoms with Crippen LogP contribution in [-0.4, -0.2) is 48.0 Å². The first-order valence-electron chi connectivity index (χ1n) is 5.41. The molecule has 6 nitrogen and oxygen atoms in total. The van der Waals surface area contributed by atoms with Crippen molar-refractivity contribution in [1.29, 1.82) is 0 Å². The van der Waals surface area contributed by atoms with E-state index in [1.807, 2.05) is 0 Å². The summed E-state index contributed by atoms with van der Waals surface area (Å²) in [5, 5.41) is 10.2. The summed E-state index contributed by atoms with van der Waals surface area (Å²) in [7, 11) is 0. The number of carbonyl (C=O) groups is 2. The Morgan fingerprint density at radius 3 is 2.32 bits per heavy atom. The molecule has 1 saturated heterocycles. The molecule has 4 N–H and O–H groups in total. The molecule has 0 aromatic rings. The number of hydrogen-bond acceptors (Lipinski definition) is 4. The number of alkyl halides is 3. The van der Waals surface area contributed by atoms with E-state index in [0.717, 1.165) is 0 Å². The monoisotopic (exact) mass is 284 g/mol. The molecule has 0 spiro atoms. The molecular formula is C10H15F3N2O4. The molecule has 1 heterocycles. The Morgan fingerprint density at radius 2 is 2.00 bits per heavy atom. The standard InChI is InChI=1S/C10H15F3N2O4/c1-8(4-19-3-5(8)14)6(16)15-9(2,7(17)18)10(11,12)13/h5H,3-4,14H2,1-2H3,(H,15,16)(H,17,18). The van der Waals surface area contributed by atoms with Gasteiger partial charge in [0.15, 0.2) is 0 Å². The van der Waals surface area contributed by atoms with E-state index in [0.29, 0.717) is 6.92 Å². The van der Waals surface area contributed by atoms with E-state index in [2.05, 4.69) is 0 Å². The van der Waals surface area contributed by atoms with Crippen molar-refractivity contribution < 1.29 is 32.6 Å². The largest absolute Gasteiger partial charge is 0.479 e. The first kappa shape index (κ1) is 15.7. The quantitative estimate of drug-likeness (QED) is 0.670. The first-order valence-corrected chi connectivity index (χ1v) is 5.41. The Morgan fingerprint density at radius 1 is 1.47 bits per heavy atom. The first-order chi connectivity index (χ1) is 8.45. The smallest absolute Gasteiger partial charge is 0.422 e. The van der Waals surface area contributed by atoms with Crippen molar-refractivity contribution in [2.75, 3.05) is 13.2 Å². The molecule has 0 radical (unpaired) electrons. The van der Waals surface area contributed by atoms with Gasteiger partial charge in [0.1, 0.15) is 0 Å². The van der Waals surface area contributed by atoms with Gasteiger partial charge in [0.25, 0.3) is 0 Å². The number of aliphatic carboxylic acids is 1. The van der Waals surface area contributed by atoms with Gasteiger partial charge in [-0.15, -0.1) is 0 Å². The molecule has 9 heteroatoms. The number of hydrogen-bond donors (Lipinski definition) is 3. The molecule has 0 aliphatic carbocycles. The van der Waals surface area contributed by atoms with Crippen LogP contribution in [-0.2, 0) is 14.3 Å². The highest BCUT2D eigenvalue weighted by atomic mass is 19.4. The SMILES string of the molecule is CC1(C(=O)NC(C)(C(=O)O)C(F)(F)F)COCC1N. The van der Waals surface area contributed by atoms with Crippen molar-refractivity contribution in [3.63, 3.8) is 0 Å². The van der Waals surface area contributed by atoms with Crippen LogP contribution in [0.3, 0.4) is 0 Å². The third-order valence-electron chi connectivity index (χ3n) is 3.39. The fourth-order valence-corrected chi connectivity index (χ4v) is 1.54. The minimum absolute atomic E-state index is 0.0275. The summed E-state index contributed by atoms with van der Waals surface area (Å²) in [4.78, 5) is 22.7. The maximum atomic E-state index is 12.8. The van der Waals surface area contributed by atoms with Crippen molar-refractivity contribution in [3.8, 4) is 0 Å². The van der Waals surface area contributed by atoms with Gasteiger partial charge in [-0.1, -0.05) is 0 Å². The minimum Gasteiger partial charge on any atom is -0.479 e. The molecule has 1 aliphatic heterocycles. The number of halogens is 3. The van der Waals surface area contributed by atoms with Crippen molar-refractivity contribution in [3.05, 3.63) is 0 Å². The van der Waals surface area contributed by atoms with Crippen LogP contribution in [0.2, 0.25) is 0 Å². The lowest BCUT2D eigenvalue weighted by Gasteiger charge is -2.33. The highest BCUT2D eigenvalue weighted by molar-refractivity contribution is 5.90. The van der Waals surface area contributed by atoms with Crippen molar-refractivity contribution in [1.82, 2.24) is 5.32 Å². The Kier molecular flexibility index (Phi) is 3.83. The van der Waals surface area contributed by atoms with E-state index < -0.39 is 35.0 Å². The van der Waals surface area contributed by atoms with Gasteiger partial charge in [0.2, 0.25) is 11.4 Å². The highest BCUT2D eigenvalue weighted by Gasteiger charge is 2.60. The van der Waals surface area contributed by atoms with Crippen molar-refractivity contribution in [2.45, 2.75) is 31.6 Å². The van der Waals surface area contributed by atoms with Crippen molar-refractivity contribution in [2.24, 2.45) is 11.1 Å². The van der Waals surface area contributed by atoms with Gasteiger partial charge < -0.3 is 20.9 Å². The Hall–Kier alpha value is -1.35. The zero-order valence-electron chi connectivity index (χ0n) is 10.4. The van der Waals surface area contributed by atoms with E-state index in [1.165, 1.54) is 12.2 Å². The third kappa shape index (κ3) is 2.52. The zero-order valence-corrected chi connectivity index (χ0v) is 10.4. The summed E-state index contributed by atoms with van der Waals surface area (Å²) >= 11 is 0. The molecule has 0 aromatic carbocycles. The summed E-state index contributed by atoms with van der Waals surface area (Å²) in [6, 6.07) is -0.793. The summed E-state index contributed by atoms with van der Waals surface area (Å²) in [6.45, 7) is 1.59. The number of amides is 1. The molecule has 0 saturated carbocycles. The zero-order chi connectivity index (χ0) is 15.1. The molecule has 1 amide bonds. The molecule has 1 aliphatic rings. The Labute approximate surface area is 107 Å². The normalized spacial score (nSPS) is 30.7. The van der Waals surface area contributed by atoms with E-state index >= 15 is 0 Å². The number of ether oxygens (including phenoxy) is 1. The van der Waals surface area contributed by atoms with Gasteiger partial charge in [0.05, 0.1) is 18.6 Å². The van der Waals surface area contributed by atoms with Crippen LogP contribution < -0.4 is 11.1 Å². The molecular weight excluding hydrogens is 269 g/mol. The fourth-order valence-electron chi connectivity index (χ4n) is 1.54. The minimum atomic E-state index is -5.13. The van der Waals surface area contributed by atoms with Gasteiger partial charge in [-0.2, -0.15) is 13.2 Å². The molecule has 1 rings (SSSR count). The van der Waals surface area contributed by atoms with Crippen LogP contribution in [0.4, 0.5) is 13.2 Å². The summed E-state index contributed by atoms with van der Waals surface area (Å²) in [6.07, 6.45) is -5.13. The lowest BCUT2D eigenvalue weighted by Crippen LogP contribution is -2.65. The summed E-state index contributed by atoms with van der Waals surface area (Å²) in [5.74, 6) is -3.29. The lowest BCUT2D eigenvalue weighted by atomic mass is 9.83. The van der Waals surface area contributed by atoms with Gasteiger partial charge in [0, 0.05) is 6.04 Å². The molecule has 110 valence electrons. The third-order valence-corrected chi connectivity index (χ3v) is 3.39. The second-order valence-electron chi connectivity index (χ2n) is 4.92. The van der Waals surface area contributed by atoms with Crippen LogP contribution in [0.5, 0.6) is 0 Å². The topological polar surface area (TPSA) is 102 Å². The number of rotatable bonds is 3. The highest BCUT2D eigenvalue weighted by Crippen LogP contribution is 2.33. The maximum absolute atomic E-state index is 12.8. The number of carbonyl (C=O) groups excluding carboxylic acids is 1. The van der Waals surface area contributed by atoms with Crippen LogP contribution >= 0.6 is 0 Å². The predicted molar refractivity (Wildman–Crippen MR) is 57.1 cm³/mol. The Bertz CT molecular complexity index is 401. The number of nitrogens with two attached hydrogens (primary N) is 1. The van der Waals surface area contributed by atoms with Crippen LogP contribution in [0.25, 0.3) is 0 Å². The average Bonchev–Trinajstić information content (AvgIpc) is 2.58. The van der Waals surface area contributed by atoms with Crippen LogP contribution in [0.1, 0.15) is 13.8 Å². The van der Waals surface area contributed by atoms with E-state index in [1.54, 1.807) is 0 Å². The molecule has 0 aromatic heterocycles.